The van der Waals surface area contributed by atoms with E-state index in [1.807, 2.05) is 0 Å². The largest absolute Gasteiger partial charge is 0.378 e. The third-order valence-electron chi connectivity index (χ3n) is 1.57. The Kier molecular flexibility index (Phi) is 2.87. The Labute approximate surface area is 82.8 Å². The predicted molar refractivity (Wildman–Crippen MR) is 52.1 cm³/mol. The lowest BCUT2D eigenvalue weighted by Gasteiger charge is -2.06. The van der Waals surface area contributed by atoms with E-state index in [1.54, 1.807) is 13.0 Å². The summed E-state index contributed by atoms with van der Waals surface area (Å²) in [5.41, 5.74) is -0.551. The van der Waals surface area contributed by atoms with Gasteiger partial charge in [0.1, 0.15) is 11.3 Å². The van der Waals surface area contributed by atoms with Crippen molar-refractivity contribution in [3.8, 4) is 11.8 Å². The second-order valence-corrected chi connectivity index (χ2v) is 3.60. The minimum Gasteiger partial charge on any atom is -0.378 e. The summed E-state index contributed by atoms with van der Waals surface area (Å²) < 4.78 is 13.3. The van der Waals surface area contributed by atoms with Crippen LogP contribution < -0.4 is 0 Å². The highest BCUT2D eigenvalue weighted by Gasteiger charge is 2.08. The molecule has 0 atom stereocenters. The Morgan fingerprint density at radius 2 is 2.14 bits per heavy atom. The molecular formula is C11H12FNO. The maximum atomic E-state index is 13.3. The highest BCUT2D eigenvalue weighted by Crippen LogP contribution is 2.08. The van der Waals surface area contributed by atoms with E-state index in [2.05, 4.69) is 16.8 Å². The fourth-order valence-corrected chi connectivity index (χ4v) is 0.840. The smallest absolute Gasteiger partial charge is 0.160 e. The number of hydrogen-bond donors (Lipinski definition) is 1. The monoisotopic (exact) mass is 193 g/mol. The van der Waals surface area contributed by atoms with E-state index < -0.39 is 11.4 Å². The lowest BCUT2D eigenvalue weighted by molar-refractivity contribution is 0.143. The van der Waals surface area contributed by atoms with Crippen LogP contribution in [-0.2, 0) is 0 Å². The first-order valence-corrected chi connectivity index (χ1v) is 4.27. The molecule has 0 bridgehead atoms. The minimum atomic E-state index is -1.13. The number of hydrogen-bond acceptors (Lipinski definition) is 2. The summed E-state index contributed by atoms with van der Waals surface area (Å²) in [6, 6.07) is 1.57. The van der Waals surface area contributed by atoms with Gasteiger partial charge in [-0.3, -0.25) is 0 Å². The summed E-state index contributed by atoms with van der Waals surface area (Å²) in [5, 5.41) is 9.32. The summed E-state index contributed by atoms with van der Waals surface area (Å²) in [6.07, 6.45) is 1.49. The molecule has 0 saturated heterocycles. The average Bonchev–Trinajstić information content (AvgIpc) is 2.06. The molecule has 1 aromatic heterocycles. The number of rotatable bonds is 0. The van der Waals surface area contributed by atoms with Crippen molar-refractivity contribution < 1.29 is 9.50 Å². The van der Waals surface area contributed by atoms with Crippen LogP contribution in [0.25, 0.3) is 0 Å². The zero-order chi connectivity index (χ0) is 10.8. The highest BCUT2D eigenvalue weighted by atomic mass is 19.1. The molecule has 1 aromatic rings. The summed E-state index contributed by atoms with van der Waals surface area (Å²) in [5.74, 6) is 4.59. The van der Waals surface area contributed by atoms with E-state index in [1.165, 1.54) is 20.0 Å². The number of aromatic nitrogens is 1. The summed E-state index contributed by atoms with van der Waals surface area (Å²) in [7, 11) is 0. The van der Waals surface area contributed by atoms with Gasteiger partial charge >= 0.3 is 0 Å². The molecule has 1 heterocycles. The minimum absolute atomic E-state index is 0.0760. The first-order valence-electron chi connectivity index (χ1n) is 4.27. The van der Waals surface area contributed by atoms with Gasteiger partial charge in [0.25, 0.3) is 0 Å². The molecule has 14 heavy (non-hydrogen) atoms. The van der Waals surface area contributed by atoms with E-state index in [0.29, 0.717) is 5.56 Å². The van der Waals surface area contributed by atoms with Gasteiger partial charge < -0.3 is 5.11 Å². The Hall–Kier alpha value is -1.40. The molecule has 2 nitrogen and oxygen atoms in total. The molecule has 0 radical (unpaired) electrons. The average molecular weight is 193 g/mol. The Bertz CT molecular complexity index is 396. The quantitative estimate of drug-likeness (QED) is 0.635. The van der Waals surface area contributed by atoms with Gasteiger partial charge in [-0.05, 0) is 38.3 Å². The van der Waals surface area contributed by atoms with Crippen molar-refractivity contribution in [1.29, 1.82) is 0 Å². The van der Waals surface area contributed by atoms with Crippen molar-refractivity contribution in [3.63, 3.8) is 0 Å². The van der Waals surface area contributed by atoms with Crippen LogP contribution in [0, 0.1) is 24.6 Å². The molecule has 0 fully saturated rings. The zero-order valence-electron chi connectivity index (χ0n) is 8.43. The molecule has 0 amide bonds. The van der Waals surface area contributed by atoms with Gasteiger partial charge in [0.05, 0.1) is 0 Å². The second-order valence-electron chi connectivity index (χ2n) is 3.60. The van der Waals surface area contributed by atoms with Gasteiger partial charge in [0, 0.05) is 6.20 Å². The maximum Gasteiger partial charge on any atom is 0.160 e. The van der Waals surface area contributed by atoms with Gasteiger partial charge in [-0.2, -0.15) is 0 Å². The van der Waals surface area contributed by atoms with Crippen LogP contribution in [-0.4, -0.2) is 15.7 Å². The summed E-state index contributed by atoms with van der Waals surface area (Å²) >= 11 is 0. The zero-order valence-corrected chi connectivity index (χ0v) is 8.43. The van der Waals surface area contributed by atoms with E-state index >= 15 is 0 Å². The lowest BCUT2D eigenvalue weighted by Crippen LogP contribution is -2.14. The van der Waals surface area contributed by atoms with Crippen LogP contribution in [0.2, 0.25) is 0 Å². The molecule has 1 rings (SSSR count). The van der Waals surface area contributed by atoms with E-state index in [0.717, 1.165) is 0 Å². The molecule has 3 heteroatoms. The second kappa shape index (κ2) is 3.77. The molecular weight excluding hydrogens is 181 g/mol. The van der Waals surface area contributed by atoms with Gasteiger partial charge in [0.15, 0.2) is 5.82 Å². The third-order valence-corrected chi connectivity index (χ3v) is 1.57. The Balaban J connectivity index is 3.08. The van der Waals surface area contributed by atoms with Crippen LogP contribution >= 0.6 is 0 Å². The molecule has 0 aromatic carbocycles. The van der Waals surface area contributed by atoms with Gasteiger partial charge in [-0.1, -0.05) is 5.92 Å². The maximum absolute atomic E-state index is 13.3. The van der Waals surface area contributed by atoms with Crippen LogP contribution in [0.5, 0.6) is 0 Å². The molecule has 1 N–H and O–H groups in total. The van der Waals surface area contributed by atoms with Crippen molar-refractivity contribution in [2.24, 2.45) is 0 Å². The Morgan fingerprint density at radius 3 is 2.71 bits per heavy atom. The van der Waals surface area contributed by atoms with Crippen molar-refractivity contribution in [2.75, 3.05) is 0 Å². The standard InChI is InChI=1S/C11H12FNO/c1-8-5-7-13-9(10(8)12)4-6-11(2,3)14/h5,7,14H,1-3H3. The normalized spacial score (nSPS) is 10.6. The number of pyridine rings is 1. The number of nitrogens with zero attached hydrogens (tertiary/aromatic N) is 1. The van der Waals surface area contributed by atoms with Crippen molar-refractivity contribution in [1.82, 2.24) is 4.98 Å². The van der Waals surface area contributed by atoms with Gasteiger partial charge in [0.2, 0.25) is 0 Å². The van der Waals surface area contributed by atoms with Crippen LogP contribution in [0.4, 0.5) is 4.39 Å². The van der Waals surface area contributed by atoms with E-state index in [4.69, 9.17) is 0 Å². The SMILES string of the molecule is Cc1ccnc(C#CC(C)(C)O)c1F. The van der Waals surface area contributed by atoms with E-state index in [-0.39, 0.29) is 5.69 Å². The molecule has 0 saturated carbocycles. The molecule has 0 aliphatic carbocycles. The van der Waals surface area contributed by atoms with E-state index in [9.17, 15) is 9.50 Å². The van der Waals surface area contributed by atoms with Gasteiger partial charge in [-0.15, -0.1) is 0 Å². The van der Waals surface area contributed by atoms with Crippen molar-refractivity contribution in [3.05, 3.63) is 29.3 Å². The first-order chi connectivity index (χ1) is 6.40. The van der Waals surface area contributed by atoms with Crippen LogP contribution in [0.1, 0.15) is 25.1 Å². The molecule has 0 aliphatic rings. The van der Waals surface area contributed by atoms with Gasteiger partial charge in [-0.25, -0.2) is 9.37 Å². The molecule has 0 aliphatic heterocycles. The third kappa shape index (κ3) is 2.82. The first kappa shape index (κ1) is 10.7. The molecule has 0 unspecified atom stereocenters. The lowest BCUT2D eigenvalue weighted by atomic mass is 10.1. The highest BCUT2D eigenvalue weighted by molar-refractivity contribution is 5.33. The summed E-state index contributed by atoms with van der Waals surface area (Å²) in [4.78, 5) is 3.78. The molecule has 74 valence electrons. The van der Waals surface area contributed by atoms with Crippen molar-refractivity contribution >= 4 is 0 Å². The van der Waals surface area contributed by atoms with Crippen molar-refractivity contribution in [2.45, 2.75) is 26.4 Å². The number of halogens is 1. The van der Waals surface area contributed by atoms with Crippen LogP contribution in [0.3, 0.4) is 0 Å². The fourth-order valence-electron chi connectivity index (χ4n) is 0.840. The topological polar surface area (TPSA) is 33.1 Å². The number of aryl methyl sites for hydroxylation is 1. The molecule has 0 spiro atoms. The van der Waals surface area contributed by atoms with Crippen LogP contribution in [0.15, 0.2) is 12.3 Å². The predicted octanol–water partition coefficient (Wildman–Crippen LogP) is 1.65. The number of aliphatic hydroxyl groups is 1. The fraction of sp³-hybridized carbons (Fsp3) is 0.364. The summed E-state index contributed by atoms with van der Waals surface area (Å²) in [6.45, 7) is 4.72. The Morgan fingerprint density at radius 1 is 1.50 bits per heavy atom.